The molecular formula is C12H14N2O5. The van der Waals surface area contributed by atoms with Crippen LogP contribution in [0.25, 0.3) is 0 Å². The highest BCUT2D eigenvalue weighted by molar-refractivity contribution is 5.95. The Hall–Kier alpha value is -2.44. The number of ether oxygens (including phenoxy) is 1. The van der Waals surface area contributed by atoms with Gasteiger partial charge in [-0.1, -0.05) is 12.1 Å². The van der Waals surface area contributed by atoms with E-state index in [1.165, 1.54) is 31.2 Å². The molecule has 0 bridgehead atoms. The molecule has 0 radical (unpaired) electrons. The van der Waals surface area contributed by atoms with Gasteiger partial charge < -0.3 is 10.1 Å². The van der Waals surface area contributed by atoms with Crippen molar-refractivity contribution in [2.24, 2.45) is 0 Å². The summed E-state index contributed by atoms with van der Waals surface area (Å²) in [6, 6.07) is 5.42. The quantitative estimate of drug-likeness (QED) is 0.491. The summed E-state index contributed by atoms with van der Waals surface area (Å²) < 4.78 is 4.89. The van der Waals surface area contributed by atoms with Crippen LogP contribution in [-0.2, 0) is 9.53 Å². The van der Waals surface area contributed by atoms with Crippen LogP contribution in [0.15, 0.2) is 24.3 Å². The first-order valence-corrected chi connectivity index (χ1v) is 5.69. The number of nitrogens with zero attached hydrogens (tertiary/aromatic N) is 1. The van der Waals surface area contributed by atoms with Gasteiger partial charge in [0.05, 0.1) is 4.92 Å². The molecule has 1 amide bonds. The van der Waals surface area contributed by atoms with Gasteiger partial charge in [-0.3, -0.25) is 14.9 Å². The summed E-state index contributed by atoms with van der Waals surface area (Å²) >= 11 is 0. The Morgan fingerprint density at radius 3 is 2.63 bits per heavy atom. The van der Waals surface area contributed by atoms with Crippen molar-refractivity contribution in [2.45, 2.75) is 20.0 Å². The fourth-order valence-electron chi connectivity index (χ4n) is 1.40. The number of nitro benzene ring substituents is 1. The van der Waals surface area contributed by atoms with Crippen molar-refractivity contribution < 1.29 is 19.2 Å². The number of carbonyl (C=O) groups is 2. The number of rotatable bonds is 5. The smallest absolute Gasteiger partial charge is 0.345 e. The maximum atomic E-state index is 11.8. The number of esters is 1. The van der Waals surface area contributed by atoms with Crippen LogP contribution in [0.2, 0.25) is 0 Å². The molecule has 1 N–H and O–H groups in total. The third-order valence-electron chi connectivity index (χ3n) is 2.32. The van der Waals surface area contributed by atoms with E-state index in [0.717, 1.165) is 0 Å². The standard InChI is InChI=1S/C12H14N2O5/c1-3-13-11(15)8(2)19-12(16)9-6-4-5-7-10(9)14(17)18/h4-8H,3H2,1-2H3,(H,13,15). The zero-order valence-corrected chi connectivity index (χ0v) is 10.6. The number of hydrogen-bond donors (Lipinski definition) is 1. The lowest BCUT2D eigenvalue weighted by molar-refractivity contribution is -0.385. The Morgan fingerprint density at radius 2 is 2.05 bits per heavy atom. The average molecular weight is 266 g/mol. The summed E-state index contributed by atoms with van der Waals surface area (Å²) in [5.41, 5.74) is -0.528. The van der Waals surface area contributed by atoms with E-state index < -0.39 is 22.9 Å². The van der Waals surface area contributed by atoms with Gasteiger partial charge >= 0.3 is 5.97 Å². The van der Waals surface area contributed by atoms with E-state index in [-0.39, 0.29) is 11.3 Å². The predicted molar refractivity (Wildman–Crippen MR) is 66.7 cm³/mol. The van der Waals surface area contributed by atoms with E-state index in [1.807, 2.05) is 0 Å². The Labute approximate surface area is 109 Å². The van der Waals surface area contributed by atoms with Crippen LogP contribution in [0.4, 0.5) is 5.69 Å². The molecule has 1 aromatic rings. The summed E-state index contributed by atoms with van der Waals surface area (Å²) in [7, 11) is 0. The Morgan fingerprint density at radius 1 is 1.42 bits per heavy atom. The van der Waals surface area contributed by atoms with Crippen molar-refractivity contribution in [1.29, 1.82) is 0 Å². The second-order valence-electron chi connectivity index (χ2n) is 3.72. The molecule has 7 heteroatoms. The van der Waals surface area contributed by atoms with Crippen LogP contribution in [0.3, 0.4) is 0 Å². The van der Waals surface area contributed by atoms with Gasteiger partial charge in [0, 0.05) is 12.6 Å². The summed E-state index contributed by atoms with van der Waals surface area (Å²) in [6.45, 7) is 3.54. The zero-order chi connectivity index (χ0) is 14.4. The highest BCUT2D eigenvalue weighted by atomic mass is 16.6. The van der Waals surface area contributed by atoms with Crippen LogP contribution >= 0.6 is 0 Å². The second kappa shape index (κ2) is 6.48. The first-order chi connectivity index (χ1) is 8.97. The fraction of sp³-hybridized carbons (Fsp3) is 0.333. The Balaban J connectivity index is 2.84. The minimum Gasteiger partial charge on any atom is -0.449 e. The third-order valence-corrected chi connectivity index (χ3v) is 2.32. The topological polar surface area (TPSA) is 98.5 Å². The van der Waals surface area contributed by atoms with Crippen LogP contribution in [0, 0.1) is 10.1 Å². The summed E-state index contributed by atoms with van der Waals surface area (Å²) in [4.78, 5) is 33.3. The lowest BCUT2D eigenvalue weighted by Gasteiger charge is -2.12. The lowest BCUT2D eigenvalue weighted by atomic mass is 10.2. The number of para-hydroxylation sites is 1. The van der Waals surface area contributed by atoms with Gasteiger partial charge in [0.15, 0.2) is 6.10 Å². The molecule has 1 atom stereocenters. The van der Waals surface area contributed by atoms with Crippen LogP contribution in [0.1, 0.15) is 24.2 Å². The summed E-state index contributed by atoms with van der Waals surface area (Å²) in [5, 5.41) is 13.3. The van der Waals surface area contributed by atoms with E-state index in [9.17, 15) is 19.7 Å². The van der Waals surface area contributed by atoms with Crippen molar-refractivity contribution in [1.82, 2.24) is 5.32 Å². The van der Waals surface area contributed by atoms with E-state index in [1.54, 1.807) is 6.92 Å². The Kier molecular flexibility index (Phi) is 4.99. The SMILES string of the molecule is CCNC(=O)C(C)OC(=O)c1ccccc1[N+](=O)[O-]. The summed E-state index contributed by atoms with van der Waals surface area (Å²) in [5.74, 6) is -1.35. The molecule has 0 aliphatic carbocycles. The summed E-state index contributed by atoms with van der Waals surface area (Å²) in [6.07, 6.45) is -1.01. The monoisotopic (exact) mass is 266 g/mol. The predicted octanol–water partition coefficient (Wildman–Crippen LogP) is 1.28. The largest absolute Gasteiger partial charge is 0.449 e. The molecule has 0 saturated heterocycles. The number of benzene rings is 1. The molecule has 0 spiro atoms. The average Bonchev–Trinajstić information content (AvgIpc) is 2.38. The molecule has 0 aromatic heterocycles. The van der Waals surface area contributed by atoms with Crippen LogP contribution in [-0.4, -0.2) is 29.4 Å². The van der Waals surface area contributed by atoms with Gasteiger partial charge in [-0.15, -0.1) is 0 Å². The van der Waals surface area contributed by atoms with Crippen molar-refractivity contribution in [3.8, 4) is 0 Å². The van der Waals surface area contributed by atoms with Crippen molar-refractivity contribution >= 4 is 17.6 Å². The molecule has 1 aromatic carbocycles. The number of nitro groups is 1. The maximum Gasteiger partial charge on any atom is 0.345 e. The molecule has 7 nitrogen and oxygen atoms in total. The third kappa shape index (κ3) is 3.77. The van der Waals surface area contributed by atoms with Crippen LogP contribution < -0.4 is 5.32 Å². The molecule has 0 fully saturated rings. The van der Waals surface area contributed by atoms with Crippen molar-refractivity contribution in [2.75, 3.05) is 6.54 Å². The fourth-order valence-corrected chi connectivity index (χ4v) is 1.40. The van der Waals surface area contributed by atoms with Crippen molar-refractivity contribution in [3.63, 3.8) is 0 Å². The highest BCUT2D eigenvalue weighted by Gasteiger charge is 2.24. The van der Waals surface area contributed by atoms with E-state index in [4.69, 9.17) is 4.74 Å². The van der Waals surface area contributed by atoms with Crippen LogP contribution in [0.5, 0.6) is 0 Å². The van der Waals surface area contributed by atoms with Gasteiger partial charge in [0.2, 0.25) is 0 Å². The normalized spacial score (nSPS) is 11.5. The van der Waals surface area contributed by atoms with Crippen molar-refractivity contribution in [3.05, 3.63) is 39.9 Å². The maximum absolute atomic E-state index is 11.8. The second-order valence-corrected chi connectivity index (χ2v) is 3.72. The molecule has 1 rings (SSSR count). The minimum atomic E-state index is -1.01. The van der Waals surface area contributed by atoms with E-state index in [2.05, 4.69) is 5.32 Å². The molecule has 0 saturated carbocycles. The number of nitrogens with one attached hydrogen (secondary N) is 1. The molecular weight excluding hydrogens is 252 g/mol. The number of likely N-dealkylation sites (N-methyl/N-ethyl adjacent to an activating group) is 1. The Bertz CT molecular complexity index is 501. The number of amides is 1. The van der Waals surface area contributed by atoms with Gasteiger partial charge in [-0.2, -0.15) is 0 Å². The molecule has 102 valence electrons. The van der Waals surface area contributed by atoms with Gasteiger partial charge in [-0.05, 0) is 19.9 Å². The highest BCUT2D eigenvalue weighted by Crippen LogP contribution is 2.19. The minimum absolute atomic E-state index is 0.177. The molecule has 1 unspecified atom stereocenters. The molecule has 0 aliphatic rings. The molecule has 0 aliphatic heterocycles. The molecule has 0 heterocycles. The molecule has 19 heavy (non-hydrogen) atoms. The van der Waals surface area contributed by atoms with E-state index >= 15 is 0 Å². The number of carbonyl (C=O) groups excluding carboxylic acids is 2. The first kappa shape index (κ1) is 14.6. The van der Waals surface area contributed by atoms with Gasteiger partial charge in [-0.25, -0.2) is 4.79 Å². The van der Waals surface area contributed by atoms with E-state index in [0.29, 0.717) is 6.54 Å². The zero-order valence-electron chi connectivity index (χ0n) is 10.6. The first-order valence-electron chi connectivity index (χ1n) is 5.69. The number of hydrogen-bond acceptors (Lipinski definition) is 5. The van der Waals surface area contributed by atoms with Gasteiger partial charge in [0.25, 0.3) is 11.6 Å². The van der Waals surface area contributed by atoms with Gasteiger partial charge in [0.1, 0.15) is 5.56 Å². The lowest BCUT2D eigenvalue weighted by Crippen LogP contribution is -2.35.